The Balaban J connectivity index is 2.05. The average Bonchev–Trinajstić information content (AvgIpc) is 2.47. The maximum Gasteiger partial charge on any atom is 0.240 e. The monoisotopic (exact) mass is 355 g/mol. The smallest absolute Gasteiger partial charge is 0.240 e. The van der Waals surface area contributed by atoms with Crippen LogP contribution in [-0.4, -0.2) is 20.2 Å². The number of halogens is 2. The predicted octanol–water partition coefficient (Wildman–Crippen LogP) is 3.42. The molecule has 0 saturated heterocycles. The highest BCUT2D eigenvalue weighted by atomic mass is 35.5. The van der Waals surface area contributed by atoms with Gasteiger partial charge in [-0.05, 0) is 49.4 Å². The van der Waals surface area contributed by atoms with Crippen LogP contribution in [0, 0.1) is 5.82 Å². The van der Waals surface area contributed by atoms with Crippen LogP contribution in [0.25, 0.3) is 0 Å². The van der Waals surface area contributed by atoms with Gasteiger partial charge in [0.05, 0.1) is 4.90 Å². The molecule has 122 valence electrons. The number of rotatable bonds is 6. The zero-order valence-corrected chi connectivity index (χ0v) is 13.9. The van der Waals surface area contributed by atoms with Crippen molar-refractivity contribution < 1.29 is 17.6 Å². The molecule has 0 amide bonds. The SMILES string of the molecule is CC(CC(=O)c1ccc(F)cc1)NS(=O)(=O)c1cccc(Cl)c1. The minimum absolute atomic E-state index is 0.0334. The fraction of sp³-hybridized carbons (Fsp3) is 0.188. The van der Waals surface area contributed by atoms with Crippen molar-refractivity contribution in [2.75, 3.05) is 0 Å². The Kier molecular flexibility index (Phi) is 5.51. The van der Waals surface area contributed by atoms with E-state index in [2.05, 4.69) is 4.72 Å². The molecule has 1 N–H and O–H groups in total. The van der Waals surface area contributed by atoms with Crippen LogP contribution < -0.4 is 4.72 Å². The normalized spacial score (nSPS) is 12.8. The third kappa shape index (κ3) is 4.86. The van der Waals surface area contributed by atoms with Crippen LogP contribution in [0.2, 0.25) is 5.02 Å². The van der Waals surface area contributed by atoms with Crippen molar-refractivity contribution in [3.8, 4) is 0 Å². The lowest BCUT2D eigenvalue weighted by Crippen LogP contribution is -2.34. The maximum atomic E-state index is 12.8. The fourth-order valence-corrected chi connectivity index (χ4v) is 3.58. The van der Waals surface area contributed by atoms with Crippen LogP contribution in [0.4, 0.5) is 4.39 Å². The van der Waals surface area contributed by atoms with Gasteiger partial charge >= 0.3 is 0 Å². The summed E-state index contributed by atoms with van der Waals surface area (Å²) in [5, 5.41) is 0.308. The van der Waals surface area contributed by atoms with E-state index in [0.29, 0.717) is 10.6 Å². The number of sulfonamides is 1. The Morgan fingerprint density at radius 2 is 1.87 bits per heavy atom. The summed E-state index contributed by atoms with van der Waals surface area (Å²) in [6.07, 6.45) is -0.0363. The van der Waals surface area contributed by atoms with E-state index < -0.39 is 21.9 Å². The number of carbonyl (C=O) groups is 1. The molecule has 2 aromatic carbocycles. The number of nitrogens with one attached hydrogen (secondary N) is 1. The van der Waals surface area contributed by atoms with Crippen LogP contribution in [0.5, 0.6) is 0 Å². The molecule has 0 radical (unpaired) electrons. The van der Waals surface area contributed by atoms with Crippen LogP contribution in [0.15, 0.2) is 53.4 Å². The van der Waals surface area contributed by atoms with Gasteiger partial charge in [-0.3, -0.25) is 4.79 Å². The Morgan fingerprint density at radius 3 is 2.48 bits per heavy atom. The summed E-state index contributed by atoms with van der Waals surface area (Å²) in [7, 11) is -3.76. The van der Waals surface area contributed by atoms with Gasteiger partial charge in [0.2, 0.25) is 10.0 Å². The Labute approximate surface area is 139 Å². The number of hydrogen-bond donors (Lipinski definition) is 1. The van der Waals surface area contributed by atoms with Gasteiger partial charge in [0, 0.05) is 23.0 Å². The topological polar surface area (TPSA) is 63.2 Å². The molecule has 0 aliphatic heterocycles. The summed E-state index contributed by atoms with van der Waals surface area (Å²) in [6.45, 7) is 1.59. The molecule has 0 heterocycles. The molecule has 2 rings (SSSR count). The van der Waals surface area contributed by atoms with E-state index in [1.54, 1.807) is 13.0 Å². The van der Waals surface area contributed by atoms with Crippen LogP contribution in [-0.2, 0) is 10.0 Å². The molecule has 2 aromatic rings. The van der Waals surface area contributed by atoms with Crippen molar-refractivity contribution in [1.29, 1.82) is 0 Å². The number of carbonyl (C=O) groups excluding carboxylic acids is 1. The quantitative estimate of drug-likeness (QED) is 0.807. The third-order valence-electron chi connectivity index (χ3n) is 3.12. The molecule has 0 bridgehead atoms. The minimum atomic E-state index is -3.76. The Hall–Kier alpha value is -1.76. The molecule has 0 spiro atoms. The van der Waals surface area contributed by atoms with E-state index in [0.717, 1.165) is 0 Å². The summed E-state index contributed by atoms with van der Waals surface area (Å²) in [4.78, 5) is 12.1. The third-order valence-corrected chi connectivity index (χ3v) is 4.94. The lowest BCUT2D eigenvalue weighted by Gasteiger charge is -2.14. The van der Waals surface area contributed by atoms with Crippen LogP contribution in [0.3, 0.4) is 0 Å². The van der Waals surface area contributed by atoms with Gasteiger partial charge in [0.1, 0.15) is 5.82 Å². The fourth-order valence-electron chi connectivity index (χ4n) is 2.04. The van der Waals surface area contributed by atoms with Crippen molar-refractivity contribution in [3.63, 3.8) is 0 Å². The molecule has 0 aliphatic rings. The second-order valence-corrected chi connectivity index (χ2v) is 7.26. The second kappa shape index (κ2) is 7.21. The molecule has 0 fully saturated rings. The zero-order valence-electron chi connectivity index (χ0n) is 12.3. The first kappa shape index (κ1) is 17.6. The van der Waals surface area contributed by atoms with Crippen molar-refractivity contribution >= 4 is 27.4 Å². The number of benzene rings is 2. The predicted molar refractivity (Wildman–Crippen MR) is 86.6 cm³/mol. The van der Waals surface area contributed by atoms with E-state index in [1.807, 2.05) is 0 Å². The van der Waals surface area contributed by atoms with E-state index >= 15 is 0 Å². The van der Waals surface area contributed by atoms with Crippen molar-refractivity contribution in [2.45, 2.75) is 24.3 Å². The van der Waals surface area contributed by atoms with E-state index in [4.69, 9.17) is 11.6 Å². The highest BCUT2D eigenvalue weighted by molar-refractivity contribution is 7.89. The second-order valence-electron chi connectivity index (χ2n) is 5.11. The van der Waals surface area contributed by atoms with E-state index in [1.165, 1.54) is 42.5 Å². The van der Waals surface area contributed by atoms with Crippen molar-refractivity contribution in [1.82, 2.24) is 4.72 Å². The lowest BCUT2D eigenvalue weighted by molar-refractivity contribution is 0.0975. The van der Waals surface area contributed by atoms with Gasteiger partial charge in [-0.1, -0.05) is 17.7 Å². The van der Waals surface area contributed by atoms with Gasteiger partial charge in [-0.2, -0.15) is 0 Å². The first-order valence-corrected chi connectivity index (χ1v) is 8.71. The molecule has 0 saturated carbocycles. The molecule has 4 nitrogen and oxygen atoms in total. The summed E-state index contributed by atoms with van der Waals surface area (Å²) in [5.74, 6) is -0.706. The van der Waals surface area contributed by atoms with E-state index in [-0.39, 0.29) is 17.1 Å². The maximum absolute atomic E-state index is 12.8. The summed E-state index contributed by atoms with van der Waals surface area (Å²) >= 11 is 5.79. The van der Waals surface area contributed by atoms with Gasteiger partial charge < -0.3 is 0 Å². The van der Waals surface area contributed by atoms with Crippen LogP contribution in [0.1, 0.15) is 23.7 Å². The van der Waals surface area contributed by atoms with Gasteiger partial charge in [0.15, 0.2) is 5.78 Å². The Bertz CT molecular complexity index is 806. The average molecular weight is 356 g/mol. The highest BCUT2D eigenvalue weighted by Crippen LogP contribution is 2.16. The molecule has 1 unspecified atom stereocenters. The van der Waals surface area contributed by atoms with Crippen molar-refractivity contribution in [3.05, 3.63) is 64.9 Å². The van der Waals surface area contributed by atoms with Crippen molar-refractivity contribution in [2.24, 2.45) is 0 Å². The molecule has 0 aromatic heterocycles. The molecule has 1 atom stereocenters. The van der Waals surface area contributed by atoms with Gasteiger partial charge in [0.25, 0.3) is 0 Å². The number of Topliss-reactive ketones (excluding diaryl/α,β-unsaturated/α-hetero) is 1. The molecule has 0 aliphatic carbocycles. The van der Waals surface area contributed by atoms with Crippen LogP contribution >= 0.6 is 11.6 Å². The molecule has 7 heteroatoms. The Morgan fingerprint density at radius 1 is 1.22 bits per heavy atom. The first-order valence-electron chi connectivity index (χ1n) is 6.84. The molecular formula is C16H15ClFNO3S. The molecule has 23 heavy (non-hydrogen) atoms. The first-order chi connectivity index (χ1) is 10.8. The molecular weight excluding hydrogens is 341 g/mol. The summed E-state index contributed by atoms with van der Waals surface area (Å²) in [6, 6.07) is 10.4. The lowest BCUT2D eigenvalue weighted by atomic mass is 10.1. The number of hydrogen-bond acceptors (Lipinski definition) is 3. The largest absolute Gasteiger partial charge is 0.294 e. The summed E-state index contributed by atoms with van der Waals surface area (Å²) < 4.78 is 39.7. The van der Waals surface area contributed by atoms with Gasteiger partial charge in [-0.15, -0.1) is 0 Å². The van der Waals surface area contributed by atoms with E-state index in [9.17, 15) is 17.6 Å². The van der Waals surface area contributed by atoms with Gasteiger partial charge in [-0.25, -0.2) is 17.5 Å². The highest BCUT2D eigenvalue weighted by Gasteiger charge is 2.20. The summed E-state index contributed by atoms with van der Waals surface area (Å²) in [5.41, 5.74) is 0.334. The zero-order chi connectivity index (χ0) is 17.0. The minimum Gasteiger partial charge on any atom is -0.294 e. The standard InChI is InChI=1S/C16H15ClFNO3S/c1-11(9-16(20)12-5-7-14(18)8-6-12)19-23(21,22)15-4-2-3-13(17)10-15/h2-8,10-11,19H,9H2,1H3. The number of ketones is 1.